The van der Waals surface area contributed by atoms with E-state index in [0.717, 1.165) is 11.3 Å². The molecule has 160 valence electrons. The van der Waals surface area contributed by atoms with Crippen LogP contribution >= 0.6 is 0 Å². The summed E-state index contributed by atoms with van der Waals surface area (Å²) in [6, 6.07) is 5.71. The highest BCUT2D eigenvalue weighted by molar-refractivity contribution is 7.89. The molecule has 0 radical (unpaired) electrons. The van der Waals surface area contributed by atoms with Crippen molar-refractivity contribution in [3.8, 4) is 5.75 Å². The topological polar surface area (TPSA) is 105 Å². The van der Waals surface area contributed by atoms with Crippen LogP contribution in [0.15, 0.2) is 29.2 Å². The Morgan fingerprint density at radius 2 is 1.83 bits per heavy atom. The van der Waals surface area contributed by atoms with Gasteiger partial charge in [-0.05, 0) is 37.6 Å². The van der Waals surface area contributed by atoms with Gasteiger partial charge in [-0.3, -0.25) is 9.69 Å². The van der Waals surface area contributed by atoms with Crippen LogP contribution in [0, 0.1) is 0 Å². The normalized spacial score (nSPS) is 23.3. The molecule has 0 saturated carbocycles. The lowest BCUT2D eigenvalue weighted by molar-refractivity contribution is -0.131. The maximum absolute atomic E-state index is 12.6. The fourth-order valence-corrected chi connectivity index (χ4v) is 4.93. The first-order valence-corrected chi connectivity index (χ1v) is 11.2. The molecule has 0 aromatic heterocycles. The van der Waals surface area contributed by atoms with E-state index in [4.69, 9.17) is 9.47 Å². The summed E-state index contributed by atoms with van der Waals surface area (Å²) in [5, 5.41) is 2.74. The van der Waals surface area contributed by atoms with Crippen molar-refractivity contribution in [3.05, 3.63) is 24.3 Å². The molecular weight excluding hydrogens is 398 g/mol. The second-order valence-electron chi connectivity index (χ2n) is 7.31. The summed E-state index contributed by atoms with van der Waals surface area (Å²) >= 11 is 0. The molecule has 10 heteroatoms. The quantitative estimate of drug-likeness (QED) is 0.628. The number of benzene rings is 1. The highest BCUT2D eigenvalue weighted by atomic mass is 32.2. The van der Waals surface area contributed by atoms with Crippen LogP contribution in [-0.2, 0) is 19.6 Å². The summed E-state index contributed by atoms with van der Waals surface area (Å²) in [6.45, 7) is 5.38. The zero-order chi connectivity index (χ0) is 21.1. The molecule has 2 saturated heterocycles. The Morgan fingerprint density at radius 1 is 1.17 bits per heavy atom. The van der Waals surface area contributed by atoms with Crippen molar-refractivity contribution in [3.63, 3.8) is 0 Å². The maximum atomic E-state index is 12.6. The van der Waals surface area contributed by atoms with Crippen molar-refractivity contribution in [1.29, 1.82) is 0 Å². The maximum Gasteiger partial charge on any atom is 0.325 e. The molecule has 0 aliphatic carbocycles. The molecule has 2 aliphatic heterocycles. The van der Waals surface area contributed by atoms with Gasteiger partial charge in [-0.15, -0.1) is 0 Å². The minimum atomic E-state index is -3.55. The predicted octanol–water partition coefficient (Wildman–Crippen LogP) is 1.20. The number of hydrogen-bond acceptors (Lipinski definition) is 6. The third kappa shape index (κ3) is 4.54. The van der Waals surface area contributed by atoms with Gasteiger partial charge in [-0.1, -0.05) is 13.3 Å². The number of rotatable bonds is 8. The Hall–Kier alpha value is -2.17. The largest absolute Gasteiger partial charge is 0.492 e. The van der Waals surface area contributed by atoms with E-state index in [9.17, 15) is 18.0 Å². The van der Waals surface area contributed by atoms with Crippen LogP contribution in [0.2, 0.25) is 0 Å². The molecule has 2 fully saturated rings. The number of urea groups is 1. The van der Waals surface area contributed by atoms with Crippen LogP contribution in [0.4, 0.5) is 4.79 Å². The van der Waals surface area contributed by atoms with Gasteiger partial charge >= 0.3 is 6.03 Å². The average molecular weight is 426 g/mol. The van der Waals surface area contributed by atoms with Crippen molar-refractivity contribution in [1.82, 2.24) is 14.5 Å². The second-order valence-corrected chi connectivity index (χ2v) is 9.24. The average Bonchev–Trinajstić information content (AvgIpc) is 2.92. The lowest BCUT2D eigenvalue weighted by atomic mass is 9.96. The van der Waals surface area contributed by atoms with Gasteiger partial charge in [0.25, 0.3) is 5.91 Å². The minimum Gasteiger partial charge on any atom is -0.492 e. The van der Waals surface area contributed by atoms with Crippen LogP contribution in [0.5, 0.6) is 5.75 Å². The van der Waals surface area contributed by atoms with E-state index < -0.39 is 21.6 Å². The molecule has 3 rings (SSSR count). The molecule has 1 aromatic rings. The van der Waals surface area contributed by atoms with Crippen LogP contribution in [0.25, 0.3) is 0 Å². The number of carbonyl (C=O) groups is 2. The molecule has 3 amide bonds. The Balaban J connectivity index is 1.56. The lowest BCUT2D eigenvalue weighted by Crippen LogP contribution is -2.44. The van der Waals surface area contributed by atoms with Gasteiger partial charge in [0.05, 0.1) is 24.7 Å². The molecule has 2 aliphatic rings. The number of nitrogens with one attached hydrogen (secondary N) is 1. The van der Waals surface area contributed by atoms with Crippen LogP contribution < -0.4 is 10.1 Å². The number of nitrogens with zero attached hydrogens (tertiary/aromatic N) is 2. The van der Waals surface area contributed by atoms with Gasteiger partial charge in [0.1, 0.15) is 17.9 Å². The predicted molar refractivity (Wildman–Crippen MR) is 105 cm³/mol. The summed E-state index contributed by atoms with van der Waals surface area (Å²) in [5.41, 5.74) is -0.860. The SMILES string of the molecule is CCC[C@]1(C)NC(=O)N(CCOc2ccc(S(=O)(=O)N3CCOCC3)cc2)C1=O. The van der Waals surface area contributed by atoms with Gasteiger partial charge in [0, 0.05) is 13.1 Å². The van der Waals surface area contributed by atoms with Gasteiger partial charge < -0.3 is 14.8 Å². The van der Waals surface area contributed by atoms with E-state index >= 15 is 0 Å². The highest BCUT2D eigenvalue weighted by Crippen LogP contribution is 2.23. The standard InChI is InChI=1S/C19H27N3O6S/c1-3-8-19(2)17(23)22(18(24)20-19)11-14-28-15-4-6-16(7-5-15)29(25,26)21-9-12-27-13-10-21/h4-7H,3,8-14H2,1-2H3,(H,20,24)/t19-/m0/s1. The third-order valence-corrected chi connectivity index (χ3v) is 7.02. The fourth-order valence-electron chi connectivity index (χ4n) is 3.52. The first-order valence-electron chi connectivity index (χ1n) is 9.73. The number of ether oxygens (including phenoxy) is 2. The zero-order valence-electron chi connectivity index (χ0n) is 16.7. The van der Waals surface area contributed by atoms with Crippen molar-refractivity contribution in [2.75, 3.05) is 39.5 Å². The molecule has 0 unspecified atom stereocenters. The van der Waals surface area contributed by atoms with Crippen molar-refractivity contribution in [2.24, 2.45) is 0 Å². The van der Waals surface area contributed by atoms with Gasteiger partial charge in [0.15, 0.2) is 0 Å². The van der Waals surface area contributed by atoms with Crippen molar-refractivity contribution < 1.29 is 27.5 Å². The third-order valence-electron chi connectivity index (χ3n) is 5.11. The van der Waals surface area contributed by atoms with E-state index in [2.05, 4.69) is 5.32 Å². The molecule has 9 nitrogen and oxygen atoms in total. The van der Waals surface area contributed by atoms with E-state index in [1.165, 1.54) is 16.4 Å². The summed E-state index contributed by atoms with van der Waals surface area (Å²) in [4.78, 5) is 25.9. The van der Waals surface area contributed by atoms with Crippen molar-refractivity contribution >= 4 is 22.0 Å². The summed E-state index contributed by atoms with van der Waals surface area (Å²) in [6.07, 6.45) is 1.36. The molecular formula is C19H27N3O6S. The number of imide groups is 1. The zero-order valence-corrected chi connectivity index (χ0v) is 17.5. The second kappa shape index (κ2) is 8.68. The molecule has 1 N–H and O–H groups in total. The smallest absolute Gasteiger partial charge is 0.325 e. The van der Waals surface area contributed by atoms with E-state index in [-0.39, 0.29) is 24.0 Å². The van der Waals surface area contributed by atoms with E-state index in [1.54, 1.807) is 19.1 Å². The molecule has 1 atom stereocenters. The fraction of sp³-hybridized carbons (Fsp3) is 0.579. The Bertz CT molecular complexity index is 851. The highest BCUT2D eigenvalue weighted by Gasteiger charge is 2.46. The van der Waals surface area contributed by atoms with E-state index in [1.807, 2.05) is 6.92 Å². The minimum absolute atomic E-state index is 0.122. The Morgan fingerprint density at radius 3 is 2.45 bits per heavy atom. The molecule has 1 aromatic carbocycles. The number of carbonyl (C=O) groups excluding carboxylic acids is 2. The first kappa shape index (κ1) is 21.5. The molecule has 29 heavy (non-hydrogen) atoms. The van der Waals surface area contributed by atoms with Crippen LogP contribution in [0.3, 0.4) is 0 Å². The number of amides is 3. The number of hydrogen-bond donors (Lipinski definition) is 1. The van der Waals surface area contributed by atoms with Crippen LogP contribution in [0.1, 0.15) is 26.7 Å². The molecule has 2 heterocycles. The summed E-state index contributed by atoms with van der Waals surface area (Å²) in [5.74, 6) is 0.217. The van der Waals surface area contributed by atoms with Crippen molar-refractivity contribution in [2.45, 2.75) is 37.1 Å². The van der Waals surface area contributed by atoms with E-state index in [0.29, 0.717) is 38.5 Å². The Labute approximate surface area is 171 Å². The number of sulfonamides is 1. The summed E-state index contributed by atoms with van der Waals surface area (Å²) in [7, 11) is -3.55. The van der Waals surface area contributed by atoms with Crippen LogP contribution in [-0.4, -0.2) is 74.6 Å². The first-order chi connectivity index (χ1) is 13.8. The van der Waals surface area contributed by atoms with Gasteiger partial charge in [0.2, 0.25) is 10.0 Å². The van der Waals surface area contributed by atoms with Gasteiger partial charge in [-0.25, -0.2) is 13.2 Å². The summed E-state index contributed by atoms with van der Waals surface area (Å²) < 4.78 is 37.4. The lowest BCUT2D eigenvalue weighted by Gasteiger charge is -2.26. The molecule has 0 bridgehead atoms. The monoisotopic (exact) mass is 425 g/mol. The Kier molecular flexibility index (Phi) is 6.45. The van der Waals surface area contributed by atoms with Gasteiger partial charge in [-0.2, -0.15) is 4.31 Å². The molecule has 0 spiro atoms. The number of morpholine rings is 1.